The van der Waals surface area contributed by atoms with Gasteiger partial charge in [-0.15, -0.1) is 0 Å². The molecule has 0 bridgehead atoms. The van der Waals surface area contributed by atoms with Crippen LogP contribution in [0.3, 0.4) is 0 Å². The van der Waals surface area contributed by atoms with Gasteiger partial charge in [0.2, 0.25) is 0 Å². The Labute approximate surface area is 107 Å². The molecule has 1 aliphatic carbocycles. The molecule has 1 aliphatic rings. The zero-order chi connectivity index (χ0) is 13.0. The molecule has 0 heterocycles. The summed E-state index contributed by atoms with van der Waals surface area (Å²) in [6, 6.07) is 5.38. The van der Waals surface area contributed by atoms with Crippen molar-refractivity contribution in [3.8, 4) is 0 Å². The molecule has 1 fully saturated rings. The summed E-state index contributed by atoms with van der Waals surface area (Å²) in [5.41, 5.74) is 1.38. The van der Waals surface area contributed by atoms with Crippen LogP contribution in [0.2, 0.25) is 0 Å². The highest BCUT2D eigenvalue weighted by Crippen LogP contribution is 2.35. The molecular formula is C13H19N3O2. The van der Waals surface area contributed by atoms with Crippen molar-refractivity contribution in [2.24, 2.45) is 5.92 Å². The average molecular weight is 249 g/mol. The highest BCUT2D eigenvalue weighted by atomic mass is 16.6. The van der Waals surface area contributed by atoms with E-state index in [2.05, 4.69) is 10.6 Å². The predicted molar refractivity (Wildman–Crippen MR) is 73.1 cm³/mol. The summed E-state index contributed by atoms with van der Waals surface area (Å²) < 4.78 is 0. The number of nitrogens with one attached hydrogen (secondary N) is 2. The standard InChI is InChI=1S/C13H19N3O2/c1-2-8-14-11-4-3-5-12(13(11)16(17)18)15-9-10-6-7-10/h3-5,10,14-15H,2,6-9H2,1H3. The minimum atomic E-state index is -0.312. The van der Waals surface area contributed by atoms with Gasteiger partial charge in [-0.2, -0.15) is 0 Å². The van der Waals surface area contributed by atoms with Gasteiger partial charge in [-0.25, -0.2) is 0 Å². The third-order valence-corrected chi connectivity index (χ3v) is 3.06. The molecule has 0 unspecified atom stereocenters. The van der Waals surface area contributed by atoms with Gasteiger partial charge in [0.15, 0.2) is 0 Å². The molecule has 5 nitrogen and oxygen atoms in total. The number of hydrogen-bond acceptors (Lipinski definition) is 4. The second-order valence-electron chi connectivity index (χ2n) is 4.71. The summed E-state index contributed by atoms with van der Waals surface area (Å²) in [4.78, 5) is 10.9. The van der Waals surface area contributed by atoms with Crippen LogP contribution in [0.25, 0.3) is 0 Å². The van der Waals surface area contributed by atoms with Crippen molar-refractivity contribution in [2.75, 3.05) is 23.7 Å². The van der Waals surface area contributed by atoms with Gasteiger partial charge < -0.3 is 10.6 Å². The minimum absolute atomic E-state index is 0.159. The van der Waals surface area contributed by atoms with Crippen molar-refractivity contribution in [3.63, 3.8) is 0 Å². The summed E-state index contributed by atoms with van der Waals surface area (Å²) >= 11 is 0. The highest BCUT2D eigenvalue weighted by Gasteiger charge is 2.24. The van der Waals surface area contributed by atoms with Crippen molar-refractivity contribution in [1.82, 2.24) is 0 Å². The lowest BCUT2D eigenvalue weighted by Crippen LogP contribution is -2.08. The van der Waals surface area contributed by atoms with Crippen LogP contribution in [0, 0.1) is 16.0 Å². The molecule has 1 saturated carbocycles. The minimum Gasteiger partial charge on any atom is -0.379 e. The fourth-order valence-corrected chi connectivity index (χ4v) is 1.86. The summed E-state index contributed by atoms with van der Waals surface area (Å²) in [5, 5.41) is 17.5. The Bertz CT molecular complexity index is 430. The molecule has 0 saturated heterocycles. The lowest BCUT2D eigenvalue weighted by atomic mass is 10.2. The molecule has 0 amide bonds. The first-order valence-electron chi connectivity index (χ1n) is 6.47. The Kier molecular flexibility index (Phi) is 4.02. The summed E-state index contributed by atoms with van der Waals surface area (Å²) in [6.45, 7) is 3.61. The monoisotopic (exact) mass is 249 g/mol. The normalized spacial score (nSPS) is 14.3. The molecule has 0 atom stereocenters. The number of rotatable bonds is 7. The number of nitro benzene ring substituents is 1. The lowest BCUT2D eigenvalue weighted by Gasteiger charge is -2.10. The topological polar surface area (TPSA) is 67.2 Å². The molecule has 0 spiro atoms. The van der Waals surface area contributed by atoms with Gasteiger partial charge in [0, 0.05) is 13.1 Å². The molecule has 0 radical (unpaired) electrons. The lowest BCUT2D eigenvalue weighted by molar-refractivity contribution is -0.383. The first-order valence-corrected chi connectivity index (χ1v) is 6.47. The first kappa shape index (κ1) is 12.7. The molecular weight excluding hydrogens is 230 g/mol. The maximum atomic E-state index is 11.2. The van der Waals surface area contributed by atoms with Crippen LogP contribution in [0.4, 0.5) is 17.1 Å². The van der Waals surface area contributed by atoms with Crippen LogP contribution < -0.4 is 10.6 Å². The van der Waals surface area contributed by atoms with Crippen LogP contribution in [0.5, 0.6) is 0 Å². The van der Waals surface area contributed by atoms with Gasteiger partial charge in [-0.3, -0.25) is 10.1 Å². The number of benzene rings is 1. The molecule has 2 rings (SSSR count). The van der Waals surface area contributed by atoms with E-state index in [1.54, 1.807) is 12.1 Å². The number of hydrogen-bond donors (Lipinski definition) is 2. The van der Waals surface area contributed by atoms with Gasteiger partial charge in [0.05, 0.1) is 4.92 Å². The summed E-state index contributed by atoms with van der Waals surface area (Å²) in [5.74, 6) is 0.692. The van der Waals surface area contributed by atoms with Gasteiger partial charge in [0.25, 0.3) is 0 Å². The van der Waals surface area contributed by atoms with Gasteiger partial charge in [-0.05, 0) is 37.3 Å². The molecule has 1 aromatic rings. The van der Waals surface area contributed by atoms with Gasteiger partial charge in [0.1, 0.15) is 11.4 Å². The summed E-state index contributed by atoms with van der Waals surface area (Å²) in [6.07, 6.45) is 3.40. The van der Waals surface area contributed by atoms with E-state index in [1.165, 1.54) is 12.8 Å². The van der Waals surface area contributed by atoms with E-state index in [1.807, 2.05) is 13.0 Å². The van der Waals surface area contributed by atoms with Crippen LogP contribution in [0.1, 0.15) is 26.2 Å². The molecule has 98 valence electrons. The van der Waals surface area contributed by atoms with Gasteiger partial charge >= 0.3 is 5.69 Å². The number of nitro groups is 1. The molecule has 0 aromatic heterocycles. The van der Waals surface area contributed by atoms with Crippen LogP contribution in [-0.2, 0) is 0 Å². The molecule has 18 heavy (non-hydrogen) atoms. The Balaban J connectivity index is 2.17. The highest BCUT2D eigenvalue weighted by molar-refractivity contribution is 5.76. The fraction of sp³-hybridized carbons (Fsp3) is 0.538. The molecule has 1 aromatic carbocycles. The van der Waals surface area contributed by atoms with Crippen molar-refractivity contribution in [3.05, 3.63) is 28.3 Å². The van der Waals surface area contributed by atoms with Crippen LogP contribution in [0.15, 0.2) is 18.2 Å². The van der Waals surface area contributed by atoms with Crippen molar-refractivity contribution in [2.45, 2.75) is 26.2 Å². The Morgan fingerprint density at radius 1 is 1.33 bits per heavy atom. The zero-order valence-electron chi connectivity index (χ0n) is 10.6. The van der Waals surface area contributed by atoms with Crippen molar-refractivity contribution >= 4 is 17.1 Å². The second-order valence-corrected chi connectivity index (χ2v) is 4.71. The summed E-state index contributed by atoms with van der Waals surface area (Å²) in [7, 11) is 0. The second kappa shape index (κ2) is 5.71. The van der Waals surface area contributed by atoms with Crippen molar-refractivity contribution in [1.29, 1.82) is 0 Å². The average Bonchev–Trinajstić information content (AvgIpc) is 3.17. The van der Waals surface area contributed by atoms with Gasteiger partial charge in [-0.1, -0.05) is 13.0 Å². The molecule has 5 heteroatoms. The van der Waals surface area contributed by atoms with Crippen LogP contribution in [-0.4, -0.2) is 18.0 Å². The van der Waals surface area contributed by atoms with E-state index >= 15 is 0 Å². The van der Waals surface area contributed by atoms with E-state index in [4.69, 9.17) is 0 Å². The SMILES string of the molecule is CCCNc1cccc(NCC2CC2)c1[N+](=O)[O-]. The van der Waals surface area contributed by atoms with E-state index in [-0.39, 0.29) is 10.6 Å². The quantitative estimate of drug-likeness (QED) is 0.575. The predicted octanol–water partition coefficient (Wildman–Crippen LogP) is 3.24. The van der Waals surface area contributed by atoms with Crippen LogP contribution >= 0.6 is 0 Å². The number of para-hydroxylation sites is 1. The van der Waals surface area contributed by atoms with Crippen molar-refractivity contribution < 1.29 is 4.92 Å². The number of nitrogens with zero attached hydrogens (tertiary/aromatic N) is 1. The molecule has 0 aliphatic heterocycles. The maximum absolute atomic E-state index is 11.2. The van der Waals surface area contributed by atoms with E-state index in [9.17, 15) is 10.1 Å². The third-order valence-electron chi connectivity index (χ3n) is 3.06. The largest absolute Gasteiger partial charge is 0.379 e. The Morgan fingerprint density at radius 3 is 2.56 bits per heavy atom. The van der Waals surface area contributed by atoms with E-state index < -0.39 is 0 Å². The van der Waals surface area contributed by atoms with E-state index in [0.717, 1.165) is 19.5 Å². The Hall–Kier alpha value is -1.78. The Morgan fingerprint density at radius 2 is 2.00 bits per heavy atom. The first-order chi connectivity index (χ1) is 8.72. The molecule has 2 N–H and O–H groups in total. The zero-order valence-corrected chi connectivity index (χ0v) is 10.6. The smallest absolute Gasteiger partial charge is 0.315 e. The third kappa shape index (κ3) is 3.12. The van der Waals surface area contributed by atoms with E-state index in [0.29, 0.717) is 17.3 Å². The number of anilines is 2. The maximum Gasteiger partial charge on any atom is 0.315 e. The fourth-order valence-electron chi connectivity index (χ4n) is 1.86.